The zero-order valence-corrected chi connectivity index (χ0v) is 18.4. The van der Waals surface area contributed by atoms with E-state index in [1.165, 1.54) is 5.56 Å². The first-order valence-electron chi connectivity index (χ1n) is 9.70. The summed E-state index contributed by atoms with van der Waals surface area (Å²) < 4.78 is 40.3. The first-order valence-corrected chi connectivity index (χ1v) is 10.9. The lowest BCUT2D eigenvalue weighted by atomic mass is 10.0. The summed E-state index contributed by atoms with van der Waals surface area (Å²) in [6, 6.07) is 33.3. The molecule has 6 nitrogen and oxygen atoms in total. The quantitative estimate of drug-likeness (QED) is 0.438. The Morgan fingerprint density at radius 2 is 1.06 bits per heavy atom. The highest BCUT2D eigenvalue weighted by atomic mass is 35.7. The molecule has 1 heterocycles. The Labute approximate surface area is 189 Å². The van der Waals surface area contributed by atoms with Gasteiger partial charge in [0.1, 0.15) is 5.56 Å². The second kappa shape index (κ2) is 10.4. The molecule has 0 aliphatic heterocycles. The van der Waals surface area contributed by atoms with Gasteiger partial charge in [-0.3, -0.25) is 0 Å². The van der Waals surface area contributed by atoms with Crippen LogP contribution in [0, 0.1) is 10.2 Å². The molecule has 0 saturated carbocycles. The van der Waals surface area contributed by atoms with Gasteiger partial charge in [0.25, 0.3) is 0 Å². The molecule has 1 aromatic heterocycles. The normalized spacial score (nSPS) is 10.8. The zero-order chi connectivity index (χ0) is 23.1. The first-order chi connectivity index (χ1) is 15.2. The largest absolute Gasteiger partial charge is 0.377 e. The van der Waals surface area contributed by atoms with Crippen LogP contribution in [0.5, 0.6) is 0 Å². The molecule has 0 fully saturated rings. The number of para-hydroxylation sites is 1. The predicted octanol–water partition coefficient (Wildman–Crippen LogP) is 1.87. The summed E-state index contributed by atoms with van der Waals surface area (Å²) in [5.41, 5.74) is 5.60. The molecule has 0 amide bonds. The monoisotopic (exact) mass is 451 g/mol. The summed E-state index contributed by atoms with van der Waals surface area (Å²) in [6.07, 6.45) is 0. The van der Waals surface area contributed by atoms with Gasteiger partial charge in [0.15, 0.2) is 0 Å². The number of benzene rings is 3. The molecule has 0 atom stereocenters. The molecule has 0 aliphatic carbocycles. The van der Waals surface area contributed by atoms with E-state index in [4.69, 9.17) is 23.1 Å². The van der Waals surface area contributed by atoms with Gasteiger partial charge in [0, 0.05) is 19.7 Å². The Kier molecular flexibility index (Phi) is 7.58. The molecule has 0 aliphatic rings. The number of hydrogen-bond acceptors (Lipinski definition) is 5. The number of rotatable bonds is 4. The van der Waals surface area contributed by atoms with Gasteiger partial charge in [-0.05, 0) is 29.8 Å². The molecular weight excluding hydrogens is 430 g/mol. The van der Waals surface area contributed by atoms with Crippen molar-refractivity contribution in [2.45, 2.75) is 0 Å². The van der Waals surface area contributed by atoms with Gasteiger partial charge in [-0.1, -0.05) is 60.7 Å². The van der Waals surface area contributed by atoms with Gasteiger partial charge in [0.2, 0.25) is 0 Å². The maximum atomic E-state index is 8.49. The Morgan fingerprint density at radius 1 is 0.594 bits per heavy atom. The number of nitrogens with zero attached hydrogens (tertiary/aromatic N) is 1. The van der Waals surface area contributed by atoms with Crippen molar-refractivity contribution in [2.75, 3.05) is 19.0 Å². The van der Waals surface area contributed by atoms with Gasteiger partial charge in [-0.15, -0.1) is 10.2 Å². The Balaban J connectivity index is 0.000000523. The summed E-state index contributed by atoms with van der Waals surface area (Å²) in [5, 5.41) is 0. The fraction of sp³-hybridized carbons (Fsp3) is 0.0800. The van der Waals surface area contributed by atoms with Crippen molar-refractivity contribution < 1.29 is 33.3 Å². The second-order valence-electron chi connectivity index (χ2n) is 7.10. The average molecular weight is 452 g/mol. The average Bonchev–Trinajstić information content (AvgIpc) is 2.79. The topological polar surface area (TPSA) is 107 Å². The van der Waals surface area contributed by atoms with Crippen molar-refractivity contribution in [2.24, 2.45) is 0 Å². The number of hydrogen-bond donors (Lipinski definition) is 0. The third-order valence-corrected chi connectivity index (χ3v) is 4.61. The highest BCUT2D eigenvalue weighted by Crippen LogP contribution is 2.36. The van der Waals surface area contributed by atoms with Gasteiger partial charge in [-0.25, -0.2) is 23.1 Å². The lowest BCUT2D eigenvalue weighted by Crippen LogP contribution is -2.68. The Morgan fingerprint density at radius 3 is 1.62 bits per heavy atom. The molecule has 0 saturated heterocycles. The molecule has 0 radical (unpaired) electrons. The highest BCUT2D eigenvalue weighted by molar-refractivity contribution is 5.80. The molecule has 4 aromatic rings. The third-order valence-electron chi connectivity index (χ3n) is 4.61. The fourth-order valence-electron chi connectivity index (χ4n) is 3.25. The number of halogens is 1. The molecule has 0 spiro atoms. The van der Waals surface area contributed by atoms with Gasteiger partial charge in [0.05, 0.1) is 23.4 Å². The minimum atomic E-state index is -4.94. The van der Waals surface area contributed by atoms with Crippen LogP contribution < -0.4 is 23.5 Å². The van der Waals surface area contributed by atoms with Gasteiger partial charge >= 0.3 is 11.5 Å². The van der Waals surface area contributed by atoms with Crippen molar-refractivity contribution in [1.29, 1.82) is 0 Å². The van der Waals surface area contributed by atoms with Crippen LogP contribution in [0.25, 0.3) is 33.8 Å². The summed E-state index contributed by atoms with van der Waals surface area (Å²) in [4.78, 5) is 2.11. The lowest BCUT2D eigenvalue weighted by Gasteiger charge is -2.17. The predicted molar refractivity (Wildman–Crippen MR) is 114 cm³/mol. The fourth-order valence-corrected chi connectivity index (χ4v) is 3.25. The minimum Gasteiger partial charge on any atom is -0.377 e. The minimum absolute atomic E-state index is 0.861. The van der Waals surface area contributed by atoms with Crippen LogP contribution in [0.2, 0.25) is 0 Å². The maximum absolute atomic E-state index is 8.49. The molecule has 4 rings (SSSR count). The third kappa shape index (κ3) is 6.62. The summed E-state index contributed by atoms with van der Waals surface area (Å²) in [5.74, 6) is 1.72. The molecule has 0 unspecified atom stereocenters. The smallest absolute Gasteiger partial charge is 0.363 e. The van der Waals surface area contributed by atoms with E-state index in [1.54, 1.807) is 0 Å². The molecule has 0 N–H and O–H groups in total. The van der Waals surface area contributed by atoms with E-state index in [9.17, 15) is 0 Å². The zero-order valence-electron chi connectivity index (χ0n) is 17.6. The van der Waals surface area contributed by atoms with Crippen LogP contribution in [0.15, 0.2) is 101 Å². The van der Waals surface area contributed by atoms with Crippen LogP contribution >= 0.6 is 0 Å². The highest BCUT2D eigenvalue weighted by Gasteiger charge is 2.23. The molecule has 7 heteroatoms. The van der Waals surface area contributed by atoms with Crippen LogP contribution in [0.3, 0.4) is 0 Å². The van der Waals surface area contributed by atoms with Crippen molar-refractivity contribution in [1.82, 2.24) is 0 Å². The van der Waals surface area contributed by atoms with Crippen LogP contribution in [-0.4, -0.2) is 14.1 Å². The standard InChI is InChI=1S/C25H22NO.ClHO4/c1-26(2)23-16-10-9-15-22(23)25-18-21(19-11-5-3-6-12-19)17-24(27-25)20-13-7-4-8-14-20;2-1(3,4)5/h3-18H,1-2H3;(H,2,3,4,5)/q+1;/p-1. The van der Waals surface area contributed by atoms with Gasteiger partial charge < -0.3 is 4.90 Å². The summed E-state index contributed by atoms with van der Waals surface area (Å²) >= 11 is 0. The van der Waals surface area contributed by atoms with E-state index < -0.39 is 10.2 Å². The van der Waals surface area contributed by atoms with Crippen LogP contribution in [-0.2, 0) is 0 Å². The summed E-state index contributed by atoms with van der Waals surface area (Å²) in [6.45, 7) is 0. The SMILES string of the molecule is CN(C)c1ccccc1-c1cc(-c2ccccc2)cc(-c2ccccc2)[o+]1.[O-][Cl+3]([O-])([O-])[O-]. The molecule has 3 aromatic carbocycles. The van der Waals surface area contributed by atoms with E-state index >= 15 is 0 Å². The van der Waals surface area contributed by atoms with E-state index in [0.29, 0.717) is 0 Å². The van der Waals surface area contributed by atoms with Crippen LogP contribution in [0.4, 0.5) is 5.69 Å². The van der Waals surface area contributed by atoms with Gasteiger partial charge in [-0.2, -0.15) is 0 Å². The lowest BCUT2D eigenvalue weighted by molar-refractivity contribution is -2.00. The molecule has 0 bridgehead atoms. The van der Waals surface area contributed by atoms with Crippen molar-refractivity contribution in [3.8, 4) is 33.8 Å². The molecule has 32 heavy (non-hydrogen) atoms. The second-order valence-corrected chi connectivity index (χ2v) is 7.85. The number of anilines is 1. The maximum Gasteiger partial charge on any atom is 0.363 e. The Hall–Kier alpha value is -3.26. The van der Waals surface area contributed by atoms with E-state index in [-0.39, 0.29) is 0 Å². The first kappa shape index (κ1) is 23.4. The summed E-state index contributed by atoms with van der Waals surface area (Å²) in [7, 11) is -0.837. The van der Waals surface area contributed by atoms with E-state index in [0.717, 1.165) is 33.9 Å². The van der Waals surface area contributed by atoms with Crippen molar-refractivity contribution in [3.05, 3.63) is 97.1 Å². The van der Waals surface area contributed by atoms with E-state index in [2.05, 4.69) is 91.8 Å². The van der Waals surface area contributed by atoms with E-state index in [1.807, 2.05) is 24.3 Å². The molecule has 164 valence electrons. The van der Waals surface area contributed by atoms with Crippen molar-refractivity contribution in [3.63, 3.8) is 0 Å². The molecular formula is C25H22ClNO5. The Bertz CT molecular complexity index is 1080. The van der Waals surface area contributed by atoms with Crippen LogP contribution in [0.1, 0.15) is 0 Å². The van der Waals surface area contributed by atoms with Crippen molar-refractivity contribution >= 4 is 5.69 Å².